The number of rotatable bonds is 6. The number of ether oxygens (including phenoxy) is 2. The Labute approximate surface area is 230 Å². The number of aliphatic carboxylic acids is 1. The fourth-order valence-electron chi connectivity index (χ4n) is 4.51. The third-order valence-corrected chi connectivity index (χ3v) is 6.50. The van der Waals surface area contributed by atoms with Gasteiger partial charge in [-0.05, 0) is 56.3 Å². The minimum atomic E-state index is -5.08. The Kier molecular flexibility index (Phi) is 10.0. The van der Waals surface area contributed by atoms with Gasteiger partial charge in [-0.15, -0.1) is 0 Å². The van der Waals surface area contributed by atoms with E-state index in [9.17, 15) is 31.1 Å². The van der Waals surface area contributed by atoms with Gasteiger partial charge >= 0.3 is 24.3 Å². The number of halogens is 6. The monoisotopic (exact) mass is 587 g/mol. The molecule has 41 heavy (non-hydrogen) atoms. The molecule has 0 amide bonds. The number of H-pyrrole nitrogens is 1. The minimum absolute atomic E-state index is 0.0891. The summed E-state index contributed by atoms with van der Waals surface area (Å²) in [5, 5.41) is 13.7. The second kappa shape index (κ2) is 13.1. The quantitative estimate of drug-likeness (QED) is 0.270. The van der Waals surface area contributed by atoms with E-state index in [0.717, 1.165) is 42.8 Å². The number of nitrogens with one attached hydrogen (secondary N) is 1. The molecular weight excluding hydrogens is 560 g/mol. The lowest BCUT2D eigenvalue weighted by atomic mass is 9.85. The van der Waals surface area contributed by atoms with Gasteiger partial charge in [-0.1, -0.05) is 24.3 Å². The third-order valence-electron chi connectivity index (χ3n) is 6.50. The normalized spacial score (nSPS) is 17.8. The van der Waals surface area contributed by atoms with E-state index in [1.807, 2.05) is 24.3 Å². The van der Waals surface area contributed by atoms with Gasteiger partial charge in [-0.3, -0.25) is 10.00 Å². The Bertz CT molecular complexity index is 1310. The van der Waals surface area contributed by atoms with Crippen molar-refractivity contribution in [2.45, 2.75) is 31.2 Å². The first-order valence-electron chi connectivity index (χ1n) is 12.2. The molecular formula is C27H27F6N3O5. The first-order chi connectivity index (χ1) is 19.2. The van der Waals surface area contributed by atoms with Crippen molar-refractivity contribution in [1.82, 2.24) is 15.1 Å². The summed E-state index contributed by atoms with van der Waals surface area (Å²) in [6.45, 7) is 1.17. The van der Waals surface area contributed by atoms with Crippen molar-refractivity contribution in [3.63, 3.8) is 0 Å². The highest BCUT2D eigenvalue weighted by Gasteiger charge is 2.38. The van der Waals surface area contributed by atoms with Crippen LogP contribution in [0.4, 0.5) is 26.3 Å². The van der Waals surface area contributed by atoms with E-state index in [4.69, 9.17) is 19.4 Å². The molecule has 2 atom stereocenters. The molecule has 1 aliphatic rings. The van der Waals surface area contributed by atoms with E-state index in [0.29, 0.717) is 11.3 Å². The zero-order chi connectivity index (χ0) is 30.4. The Hall–Kier alpha value is -4.07. The number of benzene rings is 2. The molecule has 2 aromatic carbocycles. The lowest BCUT2D eigenvalue weighted by Gasteiger charge is -2.39. The van der Waals surface area contributed by atoms with Crippen molar-refractivity contribution in [2.24, 2.45) is 5.92 Å². The third kappa shape index (κ3) is 8.22. The molecule has 2 N–H and O–H groups in total. The number of carbonyl (C=O) groups is 2. The standard InChI is InChI=1S/C25H26F3N3O3.C2HF3O2/c1-31-13-3-4-18(23(31)17-7-11-20(33-2)12-8-17)15-34-24(32)21-14-29-30-22(21)16-5-9-19(10-6-16)25(26,27)28;3-2(4,5)1(6)7/h5-12,14,18,23H,3-4,13,15H2,1-2H3,(H,29,30);(H,6,7). The average molecular weight is 588 g/mol. The van der Waals surface area contributed by atoms with Crippen molar-refractivity contribution >= 4 is 11.9 Å². The predicted molar refractivity (Wildman–Crippen MR) is 134 cm³/mol. The number of nitrogens with zero attached hydrogens (tertiary/aromatic N) is 2. The molecule has 1 aliphatic heterocycles. The molecule has 2 unspecified atom stereocenters. The van der Waals surface area contributed by atoms with Crippen LogP contribution in [-0.2, 0) is 15.7 Å². The zero-order valence-electron chi connectivity index (χ0n) is 21.9. The zero-order valence-corrected chi connectivity index (χ0v) is 21.9. The van der Waals surface area contributed by atoms with E-state index in [-0.39, 0.29) is 24.1 Å². The van der Waals surface area contributed by atoms with Gasteiger partial charge < -0.3 is 14.6 Å². The molecule has 0 saturated carbocycles. The van der Waals surface area contributed by atoms with Crippen LogP contribution in [0.15, 0.2) is 54.7 Å². The molecule has 4 rings (SSSR count). The van der Waals surface area contributed by atoms with Crippen LogP contribution in [0.2, 0.25) is 0 Å². The first-order valence-corrected chi connectivity index (χ1v) is 12.2. The first kappa shape index (κ1) is 31.5. The van der Waals surface area contributed by atoms with Crippen LogP contribution in [0, 0.1) is 5.92 Å². The number of methoxy groups -OCH3 is 1. The van der Waals surface area contributed by atoms with Crippen molar-refractivity contribution in [3.8, 4) is 17.0 Å². The molecule has 2 heterocycles. The molecule has 0 bridgehead atoms. The van der Waals surface area contributed by atoms with Crippen molar-refractivity contribution in [2.75, 3.05) is 27.3 Å². The summed E-state index contributed by atoms with van der Waals surface area (Å²) in [5.74, 6) is -2.45. The lowest BCUT2D eigenvalue weighted by molar-refractivity contribution is -0.192. The molecule has 0 spiro atoms. The van der Waals surface area contributed by atoms with Gasteiger partial charge in [-0.2, -0.15) is 31.4 Å². The molecule has 0 radical (unpaired) electrons. The van der Waals surface area contributed by atoms with Crippen molar-refractivity contribution < 1.29 is 50.5 Å². The van der Waals surface area contributed by atoms with Gasteiger partial charge in [0.15, 0.2) is 0 Å². The van der Waals surface area contributed by atoms with Crippen molar-refractivity contribution in [1.29, 1.82) is 0 Å². The Morgan fingerprint density at radius 1 is 1.05 bits per heavy atom. The average Bonchev–Trinajstić information content (AvgIpc) is 3.41. The van der Waals surface area contributed by atoms with Gasteiger partial charge in [0.2, 0.25) is 0 Å². The highest BCUT2D eigenvalue weighted by Crippen LogP contribution is 2.36. The number of aromatic nitrogens is 2. The van der Waals surface area contributed by atoms with Crippen LogP contribution in [0.5, 0.6) is 5.75 Å². The summed E-state index contributed by atoms with van der Waals surface area (Å²) in [6.07, 6.45) is -6.27. The fourth-order valence-corrected chi connectivity index (χ4v) is 4.51. The summed E-state index contributed by atoms with van der Waals surface area (Å²) < 4.78 is 81.3. The molecule has 1 aromatic heterocycles. The molecule has 0 aliphatic carbocycles. The fraction of sp³-hybridized carbons (Fsp3) is 0.370. The van der Waals surface area contributed by atoms with Crippen LogP contribution < -0.4 is 4.74 Å². The minimum Gasteiger partial charge on any atom is -0.497 e. The summed E-state index contributed by atoms with van der Waals surface area (Å²) in [5.41, 5.74) is 1.30. The number of likely N-dealkylation sites (tertiary alicyclic amines) is 1. The molecule has 3 aromatic rings. The number of aromatic amines is 1. The number of alkyl halides is 6. The van der Waals surface area contributed by atoms with Gasteiger partial charge in [-0.25, -0.2) is 9.59 Å². The predicted octanol–water partition coefficient (Wildman–Crippen LogP) is 5.98. The van der Waals surface area contributed by atoms with Crippen LogP contribution in [-0.4, -0.2) is 65.6 Å². The van der Waals surface area contributed by atoms with E-state index in [2.05, 4.69) is 22.1 Å². The summed E-state index contributed by atoms with van der Waals surface area (Å²) in [4.78, 5) is 24.0. The Morgan fingerprint density at radius 3 is 2.20 bits per heavy atom. The number of carbonyl (C=O) groups excluding carboxylic acids is 1. The molecule has 1 saturated heterocycles. The van der Waals surface area contributed by atoms with Gasteiger partial charge in [0.1, 0.15) is 11.3 Å². The maximum atomic E-state index is 12.9. The summed E-state index contributed by atoms with van der Waals surface area (Å²) in [7, 11) is 3.68. The maximum absolute atomic E-state index is 12.9. The maximum Gasteiger partial charge on any atom is 0.490 e. The number of hydrogen-bond donors (Lipinski definition) is 2. The van der Waals surface area contributed by atoms with Crippen LogP contribution in [0.25, 0.3) is 11.3 Å². The van der Waals surface area contributed by atoms with E-state index < -0.39 is 29.9 Å². The number of carboxylic acid groups (broad SMARTS) is 1. The second-order valence-electron chi connectivity index (χ2n) is 9.24. The van der Waals surface area contributed by atoms with Gasteiger partial charge in [0.05, 0.1) is 31.2 Å². The SMILES string of the molecule is COc1ccc(C2C(COC(=O)c3cn[nH]c3-c3ccc(C(F)(F)F)cc3)CCCN2C)cc1.O=C(O)C(F)(F)F. The molecule has 222 valence electrons. The summed E-state index contributed by atoms with van der Waals surface area (Å²) in [6, 6.07) is 12.5. The Balaban J connectivity index is 0.000000587. The van der Waals surface area contributed by atoms with Gasteiger partial charge in [0.25, 0.3) is 0 Å². The molecule has 1 fully saturated rings. The number of carboxylic acids is 1. The van der Waals surface area contributed by atoms with E-state index in [1.54, 1.807) is 7.11 Å². The topological polar surface area (TPSA) is 105 Å². The van der Waals surface area contributed by atoms with E-state index in [1.165, 1.54) is 18.3 Å². The van der Waals surface area contributed by atoms with E-state index >= 15 is 0 Å². The number of piperidine rings is 1. The largest absolute Gasteiger partial charge is 0.497 e. The highest BCUT2D eigenvalue weighted by atomic mass is 19.4. The highest BCUT2D eigenvalue weighted by molar-refractivity contribution is 5.95. The van der Waals surface area contributed by atoms with Gasteiger partial charge in [0, 0.05) is 17.5 Å². The van der Waals surface area contributed by atoms with Crippen molar-refractivity contribution in [3.05, 3.63) is 71.4 Å². The van der Waals surface area contributed by atoms with Crippen LogP contribution >= 0.6 is 0 Å². The number of esters is 1. The van der Waals surface area contributed by atoms with Crippen LogP contribution in [0.3, 0.4) is 0 Å². The molecule has 8 nitrogen and oxygen atoms in total. The Morgan fingerprint density at radius 2 is 1.66 bits per heavy atom. The number of hydrogen-bond acceptors (Lipinski definition) is 6. The second-order valence-corrected chi connectivity index (χ2v) is 9.24. The smallest absolute Gasteiger partial charge is 0.490 e. The van der Waals surface area contributed by atoms with Crippen LogP contribution in [0.1, 0.15) is 40.4 Å². The summed E-state index contributed by atoms with van der Waals surface area (Å²) >= 11 is 0. The molecule has 14 heteroatoms. The lowest BCUT2D eigenvalue weighted by Crippen LogP contribution is -2.38.